The van der Waals surface area contributed by atoms with Crippen molar-refractivity contribution in [3.8, 4) is 11.8 Å². The highest BCUT2D eigenvalue weighted by Gasteiger charge is 2.18. The molecule has 154 valence electrons. The molecular formula is C23H24N4O2S. The maximum atomic E-state index is 13.4. The molecule has 0 saturated carbocycles. The summed E-state index contributed by atoms with van der Waals surface area (Å²) in [4.78, 5) is 32.1. The minimum Gasteiger partial charge on any atom is -0.344 e. The molecule has 3 aromatic rings. The first-order valence-electron chi connectivity index (χ1n) is 9.78. The highest BCUT2D eigenvalue weighted by molar-refractivity contribution is 7.99. The van der Waals surface area contributed by atoms with Crippen molar-refractivity contribution < 1.29 is 4.79 Å². The Balaban J connectivity index is 2.08. The highest BCUT2D eigenvalue weighted by Crippen LogP contribution is 2.27. The molecule has 1 amide bonds. The minimum absolute atomic E-state index is 0.110. The molecule has 7 heteroatoms. The van der Waals surface area contributed by atoms with Crippen molar-refractivity contribution in [1.82, 2.24) is 14.5 Å². The fraction of sp³-hybridized carbons (Fsp3) is 0.304. The van der Waals surface area contributed by atoms with E-state index in [2.05, 4.69) is 13.8 Å². The number of aromatic nitrogens is 2. The summed E-state index contributed by atoms with van der Waals surface area (Å²) in [7, 11) is 1.68. The molecule has 0 fully saturated rings. The van der Waals surface area contributed by atoms with E-state index in [0.717, 1.165) is 11.3 Å². The standard InChI is InChI=1S/C23H24N4O2S/c1-16(2)17-9-5-7-12-20(17)27-22(29)18-10-4-6-11-19(18)25-23(27)30-15-21(28)26(3)14-8-13-24/h4-7,9-12,16H,8,14-15H2,1-3H3. The number of thioether (sulfide) groups is 1. The van der Waals surface area contributed by atoms with E-state index in [9.17, 15) is 9.59 Å². The van der Waals surface area contributed by atoms with E-state index in [1.54, 1.807) is 23.7 Å². The molecule has 0 bridgehead atoms. The topological polar surface area (TPSA) is 79.0 Å². The molecule has 0 spiro atoms. The van der Waals surface area contributed by atoms with Gasteiger partial charge >= 0.3 is 0 Å². The normalized spacial score (nSPS) is 10.9. The third kappa shape index (κ3) is 4.55. The van der Waals surface area contributed by atoms with E-state index in [1.807, 2.05) is 42.5 Å². The van der Waals surface area contributed by atoms with Gasteiger partial charge in [0.05, 0.1) is 34.8 Å². The average molecular weight is 421 g/mol. The summed E-state index contributed by atoms with van der Waals surface area (Å²) in [6.45, 7) is 4.54. The Morgan fingerprint density at radius 3 is 2.63 bits per heavy atom. The van der Waals surface area contributed by atoms with Gasteiger partial charge in [-0.2, -0.15) is 5.26 Å². The SMILES string of the molecule is CC(C)c1ccccc1-n1c(SCC(=O)N(C)CCC#N)nc2ccccc2c1=O. The van der Waals surface area contributed by atoms with Crippen LogP contribution in [0.1, 0.15) is 31.7 Å². The summed E-state index contributed by atoms with van der Waals surface area (Å²) >= 11 is 1.24. The third-order valence-corrected chi connectivity index (χ3v) is 5.78. The zero-order valence-corrected chi connectivity index (χ0v) is 18.1. The second-order valence-electron chi connectivity index (χ2n) is 7.28. The van der Waals surface area contributed by atoms with Gasteiger partial charge in [0, 0.05) is 13.6 Å². The van der Waals surface area contributed by atoms with Crippen molar-refractivity contribution in [1.29, 1.82) is 5.26 Å². The number of benzene rings is 2. The van der Waals surface area contributed by atoms with Crippen LogP contribution in [0.4, 0.5) is 0 Å². The van der Waals surface area contributed by atoms with Crippen molar-refractivity contribution in [2.24, 2.45) is 0 Å². The van der Waals surface area contributed by atoms with E-state index in [1.165, 1.54) is 16.7 Å². The highest BCUT2D eigenvalue weighted by atomic mass is 32.2. The zero-order valence-electron chi connectivity index (χ0n) is 17.3. The average Bonchev–Trinajstić information content (AvgIpc) is 2.75. The van der Waals surface area contributed by atoms with Gasteiger partial charge in [0.2, 0.25) is 5.91 Å². The first-order valence-corrected chi connectivity index (χ1v) is 10.8. The van der Waals surface area contributed by atoms with Gasteiger partial charge < -0.3 is 4.90 Å². The number of carbonyl (C=O) groups excluding carboxylic acids is 1. The van der Waals surface area contributed by atoms with Crippen LogP contribution in [0, 0.1) is 11.3 Å². The van der Waals surface area contributed by atoms with E-state index in [4.69, 9.17) is 10.2 Å². The maximum absolute atomic E-state index is 13.4. The van der Waals surface area contributed by atoms with Gasteiger partial charge in [-0.05, 0) is 29.7 Å². The lowest BCUT2D eigenvalue weighted by Crippen LogP contribution is -2.30. The van der Waals surface area contributed by atoms with Crippen LogP contribution in [0.25, 0.3) is 16.6 Å². The van der Waals surface area contributed by atoms with Crippen LogP contribution < -0.4 is 5.56 Å². The van der Waals surface area contributed by atoms with Crippen molar-refractivity contribution in [2.45, 2.75) is 31.3 Å². The van der Waals surface area contributed by atoms with Crippen molar-refractivity contribution in [3.63, 3.8) is 0 Å². The van der Waals surface area contributed by atoms with Crippen LogP contribution in [-0.2, 0) is 4.79 Å². The van der Waals surface area contributed by atoms with Crippen LogP contribution >= 0.6 is 11.8 Å². The lowest BCUT2D eigenvalue weighted by molar-refractivity contribution is -0.127. The van der Waals surface area contributed by atoms with E-state index >= 15 is 0 Å². The molecule has 0 saturated heterocycles. The first kappa shape index (κ1) is 21.6. The molecule has 6 nitrogen and oxygen atoms in total. The van der Waals surface area contributed by atoms with Gasteiger partial charge in [-0.3, -0.25) is 14.2 Å². The van der Waals surface area contributed by atoms with Gasteiger partial charge in [-0.1, -0.05) is 55.9 Å². The first-order chi connectivity index (χ1) is 14.4. The number of fused-ring (bicyclic) bond motifs is 1. The molecule has 0 N–H and O–H groups in total. The van der Waals surface area contributed by atoms with E-state index < -0.39 is 0 Å². The molecule has 0 unspecified atom stereocenters. The smallest absolute Gasteiger partial charge is 0.266 e. The molecule has 1 aromatic heterocycles. The number of rotatable bonds is 7. The van der Waals surface area contributed by atoms with Gasteiger partial charge in [0.1, 0.15) is 0 Å². The maximum Gasteiger partial charge on any atom is 0.266 e. The molecule has 0 radical (unpaired) electrons. The minimum atomic E-state index is -0.151. The van der Waals surface area contributed by atoms with Crippen molar-refractivity contribution >= 4 is 28.6 Å². The Labute approximate surface area is 180 Å². The summed E-state index contributed by atoms with van der Waals surface area (Å²) in [6, 6.07) is 17.1. The Bertz CT molecular complexity index is 1160. The molecule has 1 heterocycles. The van der Waals surface area contributed by atoms with Gasteiger partial charge in [-0.25, -0.2) is 4.98 Å². The number of hydrogen-bond donors (Lipinski definition) is 0. The largest absolute Gasteiger partial charge is 0.344 e. The molecular weight excluding hydrogens is 396 g/mol. The number of amides is 1. The van der Waals surface area contributed by atoms with Crippen molar-refractivity contribution in [2.75, 3.05) is 19.3 Å². The quantitative estimate of drug-likeness (QED) is 0.427. The molecule has 2 aromatic carbocycles. The van der Waals surface area contributed by atoms with Gasteiger partial charge in [0.15, 0.2) is 5.16 Å². The predicted molar refractivity (Wildman–Crippen MR) is 120 cm³/mol. The Morgan fingerprint density at radius 2 is 1.90 bits per heavy atom. The fourth-order valence-corrected chi connectivity index (χ4v) is 4.13. The van der Waals surface area contributed by atoms with Crippen LogP contribution in [0.15, 0.2) is 58.5 Å². The molecule has 0 aliphatic carbocycles. The number of nitrogens with zero attached hydrogens (tertiary/aromatic N) is 4. The van der Waals surface area contributed by atoms with E-state index in [-0.39, 0.29) is 29.6 Å². The van der Waals surface area contributed by atoms with Crippen LogP contribution in [0.5, 0.6) is 0 Å². The third-order valence-electron chi connectivity index (χ3n) is 4.85. The fourth-order valence-electron chi connectivity index (χ4n) is 3.18. The molecule has 0 atom stereocenters. The van der Waals surface area contributed by atoms with Gasteiger partial charge in [0.25, 0.3) is 5.56 Å². The monoisotopic (exact) mass is 420 g/mol. The van der Waals surface area contributed by atoms with Crippen molar-refractivity contribution in [3.05, 3.63) is 64.4 Å². The lowest BCUT2D eigenvalue weighted by Gasteiger charge is -2.19. The number of carbonyl (C=O) groups is 1. The summed E-state index contributed by atoms with van der Waals surface area (Å²) in [5.41, 5.74) is 2.27. The number of hydrogen-bond acceptors (Lipinski definition) is 5. The molecule has 0 aliphatic rings. The molecule has 30 heavy (non-hydrogen) atoms. The summed E-state index contributed by atoms with van der Waals surface area (Å²) < 4.78 is 1.62. The Morgan fingerprint density at radius 1 is 1.20 bits per heavy atom. The second-order valence-corrected chi connectivity index (χ2v) is 8.22. The number of nitriles is 1. The molecule has 0 aliphatic heterocycles. The Hall–Kier alpha value is -3.11. The zero-order chi connectivity index (χ0) is 21.7. The summed E-state index contributed by atoms with van der Waals surface area (Å²) in [5.74, 6) is 0.244. The molecule has 3 rings (SSSR count). The summed E-state index contributed by atoms with van der Waals surface area (Å²) in [5, 5.41) is 9.75. The van der Waals surface area contributed by atoms with Gasteiger partial charge in [-0.15, -0.1) is 0 Å². The van der Waals surface area contributed by atoms with Crippen LogP contribution in [-0.4, -0.2) is 39.7 Å². The summed E-state index contributed by atoms with van der Waals surface area (Å²) in [6.07, 6.45) is 0.285. The number of para-hydroxylation sites is 2. The van der Waals surface area contributed by atoms with Crippen LogP contribution in [0.2, 0.25) is 0 Å². The lowest BCUT2D eigenvalue weighted by atomic mass is 10.0. The Kier molecular flexibility index (Phi) is 6.91. The van der Waals surface area contributed by atoms with Crippen LogP contribution in [0.3, 0.4) is 0 Å². The second kappa shape index (κ2) is 9.59. The predicted octanol–water partition coefficient (Wildman–Crippen LogP) is 3.97. The van der Waals surface area contributed by atoms with E-state index in [0.29, 0.717) is 22.6 Å².